The predicted molar refractivity (Wildman–Crippen MR) is 106 cm³/mol. The summed E-state index contributed by atoms with van der Waals surface area (Å²) < 4.78 is 69.9. The third kappa shape index (κ3) is 3.27. The highest BCUT2D eigenvalue weighted by Crippen LogP contribution is 2.75. The molecule has 31 heavy (non-hydrogen) atoms. The van der Waals surface area contributed by atoms with Gasteiger partial charge in [-0.15, -0.1) is 4.40 Å². The van der Waals surface area contributed by atoms with Crippen LogP contribution >= 0.6 is 0 Å². The fourth-order valence-electron chi connectivity index (χ4n) is 4.54. The molecule has 3 fully saturated rings. The molecule has 12 heteroatoms. The zero-order valence-corrected chi connectivity index (χ0v) is 18.0. The summed E-state index contributed by atoms with van der Waals surface area (Å²) in [7, 11) is -0.585. The van der Waals surface area contributed by atoms with Gasteiger partial charge in [0.15, 0.2) is 0 Å². The van der Waals surface area contributed by atoms with Crippen LogP contribution in [0.3, 0.4) is 0 Å². The Hall–Kier alpha value is -2.34. The van der Waals surface area contributed by atoms with E-state index in [2.05, 4.69) is 14.5 Å². The van der Waals surface area contributed by atoms with Gasteiger partial charge in [0.2, 0.25) is 5.89 Å². The third-order valence-corrected chi connectivity index (χ3v) is 7.84. The second-order valence-corrected chi connectivity index (χ2v) is 10.4. The zero-order chi connectivity index (χ0) is 22.0. The second kappa shape index (κ2) is 6.83. The van der Waals surface area contributed by atoms with Gasteiger partial charge in [-0.2, -0.15) is 12.7 Å². The number of hydrogen-bond donors (Lipinski definition) is 0. The summed E-state index contributed by atoms with van der Waals surface area (Å²) in [5.41, 5.74) is 0.227. The van der Waals surface area contributed by atoms with E-state index < -0.39 is 27.5 Å². The van der Waals surface area contributed by atoms with E-state index in [1.165, 1.54) is 23.8 Å². The highest BCUT2D eigenvalue weighted by molar-refractivity contribution is 7.87. The minimum atomic E-state index is -3.89. The lowest BCUT2D eigenvalue weighted by Gasteiger charge is -2.30. The Labute approximate surface area is 178 Å². The van der Waals surface area contributed by atoms with Crippen LogP contribution in [0.15, 0.2) is 25.9 Å². The van der Waals surface area contributed by atoms with Crippen molar-refractivity contribution >= 4 is 16.5 Å². The van der Waals surface area contributed by atoms with Crippen molar-refractivity contribution in [1.82, 2.24) is 19.3 Å². The number of oxazole rings is 1. The van der Waals surface area contributed by atoms with Gasteiger partial charge in [-0.05, 0) is 25.7 Å². The Morgan fingerprint density at radius 3 is 2.61 bits per heavy atom. The fraction of sp³-hybridized carbons (Fsp3) is 0.632. The lowest BCUT2D eigenvalue weighted by molar-refractivity contribution is 0.0412. The van der Waals surface area contributed by atoms with Gasteiger partial charge in [-0.1, -0.05) is 5.16 Å². The maximum absolute atomic E-state index is 15.0. The maximum Gasteiger partial charge on any atom is 0.323 e. The molecule has 2 aromatic rings. The Morgan fingerprint density at radius 2 is 1.97 bits per heavy atom. The van der Waals surface area contributed by atoms with Crippen molar-refractivity contribution < 1.29 is 26.1 Å². The third-order valence-electron chi connectivity index (χ3n) is 6.46. The molecule has 3 heterocycles. The van der Waals surface area contributed by atoms with Crippen LogP contribution in [-0.4, -0.2) is 67.2 Å². The van der Waals surface area contributed by atoms with Crippen LogP contribution in [0.2, 0.25) is 0 Å². The largest absolute Gasteiger partial charge is 0.444 e. The molecule has 5 rings (SSSR count). The Bertz CT molecular complexity index is 1110. The molecule has 1 spiro atoms. The van der Waals surface area contributed by atoms with E-state index in [0.29, 0.717) is 11.5 Å². The number of hydrogen-bond acceptors (Lipinski definition) is 6. The number of halogens is 2. The molecule has 0 N–H and O–H groups in total. The van der Waals surface area contributed by atoms with Crippen LogP contribution in [0.5, 0.6) is 0 Å². The lowest BCUT2D eigenvalue weighted by atomic mass is 9.91. The molecule has 0 amide bonds. The average Bonchev–Trinajstić information content (AvgIpc) is 3.43. The van der Waals surface area contributed by atoms with Gasteiger partial charge in [0.25, 0.3) is 5.92 Å². The van der Waals surface area contributed by atoms with Gasteiger partial charge in [-0.25, -0.2) is 13.8 Å². The normalized spacial score (nSPS) is 25.4. The molecule has 168 valence electrons. The van der Waals surface area contributed by atoms with Gasteiger partial charge in [0, 0.05) is 33.1 Å². The van der Waals surface area contributed by atoms with Crippen LogP contribution in [0, 0.1) is 5.41 Å². The van der Waals surface area contributed by atoms with E-state index in [1.54, 1.807) is 14.1 Å². The van der Waals surface area contributed by atoms with Crippen LogP contribution < -0.4 is 0 Å². The van der Waals surface area contributed by atoms with Crippen molar-refractivity contribution in [1.29, 1.82) is 0 Å². The minimum absolute atomic E-state index is 0.0125. The molecule has 1 aliphatic heterocycles. The topological polar surface area (TPSA) is 105 Å². The van der Waals surface area contributed by atoms with Crippen molar-refractivity contribution in [3.05, 3.63) is 23.9 Å². The summed E-state index contributed by atoms with van der Waals surface area (Å²) in [5, 5.41) is 3.99. The summed E-state index contributed by atoms with van der Waals surface area (Å²) in [4.78, 5) is 5.84. The molecule has 0 radical (unpaired) electrons. The monoisotopic (exact) mass is 455 g/mol. The van der Waals surface area contributed by atoms with Crippen molar-refractivity contribution in [3.63, 3.8) is 0 Å². The molecule has 1 atom stereocenters. The molecule has 2 aromatic heterocycles. The number of piperidine rings is 1. The molecule has 2 aliphatic carbocycles. The maximum atomic E-state index is 15.0. The predicted octanol–water partition coefficient (Wildman–Crippen LogP) is 2.86. The van der Waals surface area contributed by atoms with Crippen LogP contribution in [0.4, 0.5) is 8.78 Å². The number of nitrogens with zero attached hydrogens (tertiary/aromatic N) is 5. The summed E-state index contributed by atoms with van der Waals surface area (Å²) in [5.74, 6) is -3.54. The van der Waals surface area contributed by atoms with Crippen LogP contribution in [0.25, 0.3) is 11.5 Å². The summed E-state index contributed by atoms with van der Waals surface area (Å²) >= 11 is 0. The van der Waals surface area contributed by atoms with Crippen molar-refractivity contribution in [2.45, 2.75) is 43.4 Å². The fourth-order valence-corrected chi connectivity index (χ4v) is 5.62. The van der Waals surface area contributed by atoms with E-state index in [1.807, 2.05) is 0 Å². The van der Waals surface area contributed by atoms with Gasteiger partial charge >= 0.3 is 10.2 Å². The molecule has 0 bridgehead atoms. The van der Waals surface area contributed by atoms with Gasteiger partial charge in [0.1, 0.15) is 24.4 Å². The molecule has 0 aromatic carbocycles. The molecule has 1 saturated heterocycles. The average molecular weight is 455 g/mol. The first-order chi connectivity index (χ1) is 14.7. The molecule has 9 nitrogen and oxygen atoms in total. The Kier molecular flexibility index (Phi) is 4.53. The van der Waals surface area contributed by atoms with Crippen LogP contribution in [0.1, 0.15) is 48.9 Å². The lowest BCUT2D eigenvalue weighted by Crippen LogP contribution is -2.40. The highest BCUT2D eigenvalue weighted by atomic mass is 32.2. The van der Waals surface area contributed by atoms with Gasteiger partial charge in [-0.3, -0.25) is 0 Å². The quantitative estimate of drug-likeness (QED) is 0.487. The Morgan fingerprint density at radius 1 is 1.26 bits per heavy atom. The van der Waals surface area contributed by atoms with Crippen molar-refractivity contribution in [3.8, 4) is 11.5 Å². The highest BCUT2D eigenvalue weighted by Gasteiger charge is 2.81. The molecular weight excluding hydrogens is 432 g/mol. The van der Waals surface area contributed by atoms with Crippen molar-refractivity contribution in [2.24, 2.45) is 9.81 Å². The van der Waals surface area contributed by atoms with Crippen LogP contribution in [-0.2, 0) is 10.2 Å². The van der Waals surface area contributed by atoms with Gasteiger partial charge < -0.3 is 13.8 Å². The molecule has 3 aliphatic rings. The summed E-state index contributed by atoms with van der Waals surface area (Å²) in [6, 6.07) is 0. The first-order valence-corrected chi connectivity index (χ1v) is 11.6. The SMILES string of the molecule is CN(C)C=NS(=O)(=O)N1CCC2(CC1)[C@H](c1coc(-c3conc3C3CC3)n1)C2(F)F. The molecule has 2 saturated carbocycles. The van der Waals surface area contributed by atoms with E-state index in [-0.39, 0.29) is 37.5 Å². The number of alkyl halides is 2. The molecule has 0 unspecified atom stereocenters. The first kappa shape index (κ1) is 20.6. The van der Waals surface area contributed by atoms with Crippen molar-refractivity contribution in [2.75, 3.05) is 27.2 Å². The van der Waals surface area contributed by atoms with E-state index in [0.717, 1.165) is 22.8 Å². The second-order valence-electron chi connectivity index (χ2n) is 8.74. The van der Waals surface area contributed by atoms with E-state index in [9.17, 15) is 17.2 Å². The summed E-state index contributed by atoms with van der Waals surface area (Å²) in [6.45, 7) is -0.0250. The summed E-state index contributed by atoms with van der Waals surface area (Å²) in [6.07, 6.45) is 5.97. The molecular formula is C19H23F2N5O4S. The minimum Gasteiger partial charge on any atom is -0.444 e. The zero-order valence-electron chi connectivity index (χ0n) is 17.2. The first-order valence-electron chi connectivity index (χ1n) is 10.2. The smallest absolute Gasteiger partial charge is 0.323 e. The number of rotatable bonds is 6. The Balaban J connectivity index is 1.33. The van der Waals surface area contributed by atoms with Gasteiger partial charge in [0.05, 0.1) is 22.7 Å². The van der Waals surface area contributed by atoms with E-state index >= 15 is 0 Å². The standard InChI is InChI=1S/C19H23F2N5O4S/c1-25(2)11-22-31(27,28)26-7-5-18(6-8-26)16(19(18,20)21)14-10-29-17(23-14)13-9-30-24-15(13)12-3-4-12/h9-12,16H,3-8H2,1-2H3/t16-/m0/s1. The van der Waals surface area contributed by atoms with E-state index in [4.69, 9.17) is 8.94 Å². The number of aromatic nitrogens is 2.